The van der Waals surface area contributed by atoms with E-state index >= 15 is 0 Å². The minimum Gasteiger partial charge on any atom is -0.492 e. The molecule has 0 N–H and O–H groups in total. The molecule has 3 heteroatoms. The second kappa shape index (κ2) is 7.29. The fraction of sp³-hybridized carbons (Fsp3) is 0.562. The summed E-state index contributed by atoms with van der Waals surface area (Å²) in [4.78, 5) is 13.7. The van der Waals surface area contributed by atoms with Crippen molar-refractivity contribution in [2.45, 2.75) is 46.7 Å². The Hall–Kier alpha value is -1.35. The molecule has 0 fully saturated rings. The fourth-order valence-corrected chi connectivity index (χ4v) is 2.19. The molecule has 0 amide bonds. The van der Waals surface area contributed by atoms with Crippen LogP contribution in [0.15, 0.2) is 24.3 Å². The topological polar surface area (TPSA) is 29.5 Å². The van der Waals surface area contributed by atoms with Gasteiger partial charge in [-0.05, 0) is 46.8 Å². The molecule has 106 valence electrons. The lowest BCUT2D eigenvalue weighted by molar-refractivity contribution is 0.101. The molecular weight excluding hydrogens is 238 g/mol. The average Bonchev–Trinajstić information content (AvgIpc) is 2.34. The highest BCUT2D eigenvalue weighted by atomic mass is 16.5. The fourth-order valence-electron chi connectivity index (χ4n) is 2.19. The first-order valence-corrected chi connectivity index (χ1v) is 6.91. The second-order valence-electron chi connectivity index (χ2n) is 5.36. The Kier molecular flexibility index (Phi) is 6.03. The molecule has 0 aliphatic heterocycles. The number of nitrogens with zero attached hydrogens (tertiary/aromatic N) is 1. The summed E-state index contributed by atoms with van der Waals surface area (Å²) in [7, 11) is 0. The third-order valence-corrected chi connectivity index (χ3v) is 3.19. The van der Waals surface area contributed by atoms with E-state index in [1.807, 2.05) is 18.2 Å². The van der Waals surface area contributed by atoms with Gasteiger partial charge >= 0.3 is 0 Å². The molecule has 1 aromatic rings. The van der Waals surface area contributed by atoms with Gasteiger partial charge in [-0.15, -0.1) is 0 Å². The van der Waals surface area contributed by atoms with Gasteiger partial charge in [-0.1, -0.05) is 12.1 Å². The molecule has 0 bridgehead atoms. The molecule has 0 saturated carbocycles. The van der Waals surface area contributed by atoms with Crippen LogP contribution in [0.25, 0.3) is 0 Å². The highest BCUT2D eigenvalue weighted by molar-refractivity contribution is 5.94. The monoisotopic (exact) mass is 263 g/mol. The van der Waals surface area contributed by atoms with Crippen LogP contribution < -0.4 is 4.74 Å². The standard InChI is InChI=1S/C16H25NO2/c1-12(2)17(13(3)4)9-10-19-16-8-6-7-15(11-16)14(5)18/h6-8,11-13H,9-10H2,1-5H3. The van der Waals surface area contributed by atoms with Gasteiger partial charge in [0.1, 0.15) is 12.4 Å². The minimum absolute atomic E-state index is 0.0661. The van der Waals surface area contributed by atoms with Crippen LogP contribution in [0.2, 0.25) is 0 Å². The summed E-state index contributed by atoms with van der Waals surface area (Å²) in [6.45, 7) is 11.9. The number of benzene rings is 1. The molecular formula is C16H25NO2. The van der Waals surface area contributed by atoms with E-state index in [0.29, 0.717) is 24.3 Å². The Morgan fingerprint density at radius 3 is 2.37 bits per heavy atom. The summed E-state index contributed by atoms with van der Waals surface area (Å²) in [5.41, 5.74) is 0.696. The SMILES string of the molecule is CC(=O)c1cccc(OCCN(C(C)C)C(C)C)c1. The molecule has 0 saturated heterocycles. The first kappa shape index (κ1) is 15.7. The number of carbonyl (C=O) groups excluding carboxylic acids is 1. The van der Waals surface area contributed by atoms with Crippen molar-refractivity contribution >= 4 is 5.78 Å². The van der Waals surface area contributed by atoms with Gasteiger partial charge in [0.15, 0.2) is 5.78 Å². The molecule has 0 aliphatic rings. The van der Waals surface area contributed by atoms with Gasteiger partial charge in [-0.3, -0.25) is 9.69 Å². The second-order valence-corrected chi connectivity index (χ2v) is 5.36. The summed E-state index contributed by atoms with van der Waals surface area (Å²) in [5.74, 6) is 0.830. The Morgan fingerprint density at radius 2 is 1.84 bits per heavy atom. The number of hydrogen-bond acceptors (Lipinski definition) is 3. The number of rotatable bonds is 7. The quantitative estimate of drug-likeness (QED) is 0.706. The Labute approximate surface area is 116 Å². The predicted octanol–water partition coefficient (Wildman–Crippen LogP) is 3.39. The van der Waals surface area contributed by atoms with Gasteiger partial charge in [0.2, 0.25) is 0 Å². The van der Waals surface area contributed by atoms with Crippen molar-refractivity contribution < 1.29 is 9.53 Å². The number of hydrogen-bond donors (Lipinski definition) is 0. The number of ether oxygens (including phenoxy) is 1. The zero-order valence-corrected chi connectivity index (χ0v) is 12.6. The van der Waals surface area contributed by atoms with Crippen LogP contribution in [0, 0.1) is 0 Å². The zero-order chi connectivity index (χ0) is 14.4. The van der Waals surface area contributed by atoms with E-state index in [-0.39, 0.29) is 5.78 Å². The van der Waals surface area contributed by atoms with Crippen LogP contribution in [0.5, 0.6) is 5.75 Å². The van der Waals surface area contributed by atoms with E-state index < -0.39 is 0 Å². The normalized spacial score (nSPS) is 11.4. The molecule has 0 atom stereocenters. The number of carbonyl (C=O) groups is 1. The van der Waals surface area contributed by atoms with Gasteiger partial charge in [0.05, 0.1) is 0 Å². The number of ketones is 1. The van der Waals surface area contributed by atoms with Crippen LogP contribution in [0.1, 0.15) is 45.0 Å². The Morgan fingerprint density at radius 1 is 1.21 bits per heavy atom. The van der Waals surface area contributed by atoms with Crippen molar-refractivity contribution in [3.8, 4) is 5.75 Å². The predicted molar refractivity (Wildman–Crippen MR) is 78.9 cm³/mol. The molecule has 1 rings (SSSR count). The maximum absolute atomic E-state index is 11.3. The summed E-state index contributed by atoms with van der Waals surface area (Å²) in [6, 6.07) is 8.37. The van der Waals surface area contributed by atoms with E-state index in [4.69, 9.17) is 4.74 Å². The van der Waals surface area contributed by atoms with Crippen LogP contribution in [0.3, 0.4) is 0 Å². The van der Waals surface area contributed by atoms with Gasteiger partial charge in [-0.25, -0.2) is 0 Å². The maximum Gasteiger partial charge on any atom is 0.159 e. The van der Waals surface area contributed by atoms with E-state index in [9.17, 15) is 4.79 Å². The van der Waals surface area contributed by atoms with Crippen LogP contribution in [-0.4, -0.2) is 35.9 Å². The summed E-state index contributed by atoms with van der Waals surface area (Å²) >= 11 is 0. The number of Topliss-reactive ketones (excluding diaryl/α,β-unsaturated/α-hetero) is 1. The first-order valence-electron chi connectivity index (χ1n) is 6.91. The highest BCUT2D eigenvalue weighted by Gasteiger charge is 2.12. The summed E-state index contributed by atoms with van der Waals surface area (Å²) < 4.78 is 5.73. The minimum atomic E-state index is 0.0661. The third-order valence-electron chi connectivity index (χ3n) is 3.19. The lowest BCUT2D eigenvalue weighted by Crippen LogP contribution is -2.39. The van der Waals surface area contributed by atoms with Gasteiger partial charge in [-0.2, -0.15) is 0 Å². The van der Waals surface area contributed by atoms with Crippen LogP contribution in [0.4, 0.5) is 0 Å². The molecule has 0 radical (unpaired) electrons. The van der Waals surface area contributed by atoms with Crippen LogP contribution >= 0.6 is 0 Å². The maximum atomic E-state index is 11.3. The van der Waals surface area contributed by atoms with Crippen molar-refractivity contribution in [2.24, 2.45) is 0 Å². The average molecular weight is 263 g/mol. The molecule has 3 nitrogen and oxygen atoms in total. The van der Waals surface area contributed by atoms with Crippen molar-refractivity contribution in [2.75, 3.05) is 13.2 Å². The van der Waals surface area contributed by atoms with E-state index in [0.717, 1.165) is 12.3 Å². The van der Waals surface area contributed by atoms with Gasteiger partial charge in [0.25, 0.3) is 0 Å². The van der Waals surface area contributed by atoms with E-state index in [1.165, 1.54) is 0 Å². The Bertz CT molecular complexity index is 405. The van der Waals surface area contributed by atoms with Crippen molar-refractivity contribution in [1.82, 2.24) is 4.90 Å². The van der Waals surface area contributed by atoms with Crippen LogP contribution in [-0.2, 0) is 0 Å². The molecule has 0 heterocycles. The molecule has 19 heavy (non-hydrogen) atoms. The van der Waals surface area contributed by atoms with Crippen molar-refractivity contribution in [3.05, 3.63) is 29.8 Å². The molecule has 0 aromatic heterocycles. The molecule has 0 unspecified atom stereocenters. The van der Waals surface area contributed by atoms with E-state index in [2.05, 4.69) is 32.6 Å². The smallest absolute Gasteiger partial charge is 0.159 e. The van der Waals surface area contributed by atoms with Crippen molar-refractivity contribution in [1.29, 1.82) is 0 Å². The third kappa shape index (κ3) is 5.03. The lowest BCUT2D eigenvalue weighted by atomic mass is 10.1. The Balaban J connectivity index is 2.53. The molecule has 0 aliphatic carbocycles. The van der Waals surface area contributed by atoms with E-state index in [1.54, 1.807) is 13.0 Å². The van der Waals surface area contributed by atoms with Gasteiger partial charge in [0, 0.05) is 24.2 Å². The summed E-state index contributed by atoms with van der Waals surface area (Å²) in [6.07, 6.45) is 0. The first-order chi connectivity index (χ1) is 8.91. The van der Waals surface area contributed by atoms with Gasteiger partial charge < -0.3 is 4.74 Å². The molecule has 1 aromatic carbocycles. The zero-order valence-electron chi connectivity index (χ0n) is 12.6. The van der Waals surface area contributed by atoms with Crippen molar-refractivity contribution in [3.63, 3.8) is 0 Å². The largest absolute Gasteiger partial charge is 0.492 e. The molecule has 0 spiro atoms. The highest BCUT2D eigenvalue weighted by Crippen LogP contribution is 2.14. The lowest BCUT2D eigenvalue weighted by Gasteiger charge is -2.30. The summed E-state index contributed by atoms with van der Waals surface area (Å²) in [5, 5.41) is 0.